The van der Waals surface area contributed by atoms with Gasteiger partial charge in [-0.3, -0.25) is 4.79 Å². The molecule has 3 heteroatoms. The van der Waals surface area contributed by atoms with Gasteiger partial charge in [-0.05, 0) is 24.1 Å². The molecule has 0 aromatic heterocycles. The van der Waals surface area contributed by atoms with E-state index in [4.69, 9.17) is 0 Å². The number of amides is 1. The first-order valence-electron chi connectivity index (χ1n) is 4.90. The van der Waals surface area contributed by atoms with Gasteiger partial charge in [0, 0.05) is 12.6 Å². The zero-order valence-corrected chi connectivity index (χ0v) is 7.99. The highest BCUT2D eigenvalue weighted by Crippen LogP contribution is 2.21. The Hall–Kier alpha value is -1.35. The van der Waals surface area contributed by atoms with Crippen molar-refractivity contribution in [3.8, 4) is 0 Å². The van der Waals surface area contributed by atoms with E-state index in [2.05, 4.69) is 28.8 Å². The van der Waals surface area contributed by atoms with E-state index in [0.717, 1.165) is 19.4 Å². The standard InChI is InChI=1S/C11H14N2O/c14-8-12-7-11-10-4-2-1-3-9(10)5-6-13-11/h1-4,8,11,13H,5-7H2,(H,12,14). The molecule has 74 valence electrons. The van der Waals surface area contributed by atoms with E-state index in [1.165, 1.54) is 11.1 Å². The lowest BCUT2D eigenvalue weighted by Crippen LogP contribution is -2.36. The molecule has 1 aliphatic rings. The lowest BCUT2D eigenvalue weighted by molar-refractivity contribution is -0.109. The van der Waals surface area contributed by atoms with E-state index >= 15 is 0 Å². The summed E-state index contributed by atoms with van der Waals surface area (Å²) in [7, 11) is 0. The van der Waals surface area contributed by atoms with Gasteiger partial charge < -0.3 is 10.6 Å². The molecule has 0 spiro atoms. The van der Waals surface area contributed by atoms with Crippen LogP contribution in [0.2, 0.25) is 0 Å². The van der Waals surface area contributed by atoms with Crippen LogP contribution in [0.1, 0.15) is 17.2 Å². The van der Waals surface area contributed by atoms with E-state index in [-0.39, 0.29) is 6.04 Å². The molecule has 1 aromatic carbocycles. The molecule has 0 radical (unpaired) electrons. The van der Waals surface area contributed by atoms with Crippen molar-refractivity contribution in [1.82, 2.24) is 10.6 Å². The van der Waals surface area contributed by atoms with Gasteiger partial charge >= 0.3 is 0 Å². The zero-order valence-electron chi connectivity index (χ0n) is 7.99. The Morgan fingerprint density at radius 3 is 3.21 bits per heavy atom. The molecule has 2 N–H and O–H groups in total. The fraction of sp³-hybridized carbons (Fsp3) is 0.364. The van der Waals surface area contributed by atoms with Gasteiger partial charge in [-0.1, -0.05) is 24.3 Å². The maximum atomic E-state index is 10.2. The molecule has 1 heterocycles. The molecule has 0 fully saturated rings. The highest BCUT2D eigenvalue weighted by molar-refractivity contribution is 5.46. The van der Waals surface area contributed by atoms with E-state index in [1.54, 1.807) is 0 Å². The molecule has 1 unspecified atom stereocenters. The van der Waals surface area contributed by atoms with Crippen molar-refractivity contribution in [2.75, 3.05) is 13.1 Å². The summed E-state index contributed by atoms with van der Waals surface area (Å²) >= 11 is 0. The van der Waals surface area contributed by atoms with E-state index in [9.17, 15) is 4.79 Å². The van der Waals surface area contributed by atoms with E-state index in [0.29, 0.717) is 6.54 Å². The second-order valence-electron chi connectivity index (χ2n) is 3.48. The SMILES string of the molecule is O=CNCC1NCCc2ccccc21. The van der Waals surface area contributed by atoms with Gasteiger partial charge in [0.25, 0.3) is 0 Å². The summed E-state index contributed by atoms with van der Waals surface area (Å²) in [5.41, 5.74) is 2.71. The molecule has 0 saturated carbocycles. The number of hydrogen-bond acceptors (Lipinski definition) is 2. The van der Waals surface area contributed by atoms with Gasteiger partial charge in [-0.2, -0.15) is 0 Å². The Bertz CT molecular complexity index is 325. The minimum atomic E-state index is 0.269. The fourth-order valence-corrected chi connectivity index (χ4v) is 1.94. The first-order chi connectivity index (χ1) is 6.92. The first kappa shape index (κ1) is 9.21. The molecule has 1 aromatic rings. The molecule has 1 atom stereocenters. The van der Waals surface area contributed by atoms with Crippen LogP contribution in [-0.4, -0.2) is 19.5 Å². The van der Waals surface area contributed by atoms with Crippen LogP contribution in [0.15, 0.2) is 24.3 Å². The van der Waals surface area contributed by atoms with Gasteiger partial charge in [-0.15, -0.1) is 0 Å². The Morgan fingerprint density at radius 2 is 2.36 bits per heavy atom. The Balaban J connectivity index is 2.17. The predicted octanol–water partition coefficient (Wildman–Crippen LogP) is 0.619. The van der Waals surface area contributed by atoms with Crippen LogP contribution in [0, 0.1) is 0 Å². The number of rotatable bonds is 3. The van der Waals surface area contributed by atoms with Gasteiger partial charge in [0.2, 0.25) is 6.41 Å². The Morgan fingerprint density at radius 1 is 1.50 bits per heavy atom. The smallest absolute Gasteiger partial charge is 0.207 e. The molecule has 14 heavy (non-hydrogen) atoms. The minimum absolute atomic E-state index is 0.269. The van der Waals surface area contributed by atoms with Crippen molar-refractivity contribution in [2.45, 2.75) is 12.5 Å². The van der Waals surface area contributed by atoms with Crippen molar-refractivity contribution < 1.29 is 4.79 Å². The highest BCUT2D eigenvalue weighted by Gasteiger charge is 2.17. The van der Waals surface area contributed by atoms with Crippen LogP contribution in [0.3, 0.4) is 0 Å². The number of nitrogens with one attached hydrogen (secondary N) is 2. The average molecular weight is 190 g/mol. The van der Waals surface area contributed by atoms with Crippen LogP contribution < -0.4 is 10.6 Å². The lowest BCUT2D eigenvalue weighted by Gasteiger charge is -2.26. The van der Waals surface area contributed by atoms with Crippen LogP contribution in [0.25, 0.3) is 0 Å². The number of carbonyl (C=O) groups excluding carboxylic acids is 1. The Kier molecular flexibility index (Phi) is 2.79. The summed E-state index contributed by atoms with van der Waals surface area (Å²) < 4.78 is 0. The maximum Gasteiger partial charge on any atom is 0.207 e. The maximum absolute atomic E-state index is 10.2. The lowest BCUT2D eigenvalue weighted by atomic mass is 9.94. The van der Waals surface area contributed by atoms with Crippen molar-refractivity contribution in [2.24, 2.45) is 0 Å². The number of hydrogen-bond donors (Lipinski definition) is 2. The van der Waals surface area contributed by atoms with E-state index in [1.807, 2.05) is 6.07 Å². The second-order valence-corrected chi connectivity index (χ2v) is 3.48. The predicted molar refractivity (Wildman–Crippen MR) is 55.0 cm³/mol. The summed E-state index contributed by atoms with van der Waals surface area (Å²) in [5.74, 6) is 0. The van der Waals surface area contributed by atoms with Gasteiger partial charge in [0.05, 0.1) is 0 Å². The van der Waals surface area contributed by atoms with Crippen molar-refractivity contribution in [3.63, 3.8) is 0 Å². The quantitative estimate of drug-likeness (QED) is 0.686. The molecule has 2 rings (SSSR count). The van der Waals surface area contributed by atoms with Crippen LogP contribution in [0.4, 0.5) is 0 Å². The van der Waals surface area contributed by atoms with Crippen molar-refractivity contribution in [3.05, 3.63) is 35.4 Å². The first-order valence-corrected chi connectivity index (χ1v) is 4.90. The van der Waals surface area contributed by atoms with Crippen molar-refractivity contribution >= 4 is 6.41 Å². The second kappa shape index (κ2) is 4.24. The van der Waals surface area contributed by atoms with Crippen LogP contribution >= 0.6 is 0 Å². The molecule has 1 aliphatic heterocycles. The summed E-state index contributed by atoms with van der Waals surface area (Å²) in [6.45, 7) is 1.66. The molecule has 0 bridgehead atoms. The molecule has 1 amide bonds. The van der Waals surface area contributed by atoms with E-state index < -0.39 is 0 Å². The largest absolute Gasteiger partial charge is 0.357 e. The van der Waals surface area contributed by atoms with Crippen LogP contribution in [0.5, 0.6) is 0 Å². The average Bonchev–Trinajstić information content (AvgIpc) is 2.26. The molecular weight excluding hydrogens is 176 g/mol. The summed E-state index contributed by atoms with van der Waals surface area (Å²) in [6.07, 6.45) is 1.83. The number of benzene rings is 1. The normalized spacial score (nSPS) is 19.9. The van der Waals surface area contributed by atoms with Gasteiger partial charge in [-0.25, -0.2) is 0 Å². The third-order valence-corrected chi connectivity index (χ3v) is 2.62. The third-order valence-electron chi connectivity index (χ3n) is 2.62. The monoisotopic (exact) mass is 190 g/mol. The number of carbonyl (C=O) groups is 1. The summed E-state index contributed by atoms with van der Waals surface area (Å²) in [5, 5.41) is 6.10. The Labute approximate surface area is 83.5 Å². The highest BCUT2D eigenvalue weighted by atomic mass is 16.1. The summed E-state index contributed by atoms with van der Waals surface area (Å²) in [4.78, 5) is 10.2. The van der Waals surface area contributed by atoms with Crippen LogP contribution in [-0.2, 0) is 11.2 Å². The zero-order chi connectivity index (χ0) is 9.80. The fourth-order valence-electron chi connectivity index (χ4n) is 1.94. The van der Waals surface area contributed by atoms with Crippen molar-refractivity contribution in [1.29, 1.82) is 0 Å². The molecule has 0 saturated heterocycles. The molecule has 3 nitrogen and oxygen atoms in total. The van der Waals surface area contributed by atoms with Gasteiger partial charge in [0.15, 0.2) is 0 Å². The topological polar surface area (TPSA) is 41.1 Å². The molecule has 0 aliphatic carbocycles. The van der Waals surface area contributed by atoms with Gasteiger partial charge in [0.1, 0.15) is 0 Å². The third kappa shape index (κ3) is 1.77. The molecular formula is C11H14N2O. The summed E-state index contributed by atoms with van der Waals surface area (Å²) in [6, 6.07) is 8.65. The number of fused-ring (bicyclic) bond motifs is 1. The minimum Gasteiger partial charge on any atom is -0.357 e.